The van der Waals surface area contributed by atoms with E-state index in [0.29, 0.717) is 17.7 Å². The molecular formula is C23H22BrN3O5. The van der Waals surface area contributed by atoms with E-state index in [1.807, 2.05) is 12.1 Å². The van der Waals surface area contributed by atoms with Crippen LogP contribution in [0.4, 0.5) is 5.69 Å². The van der Waals surface area contributed by atoms with Gasteiger partial charge in [-0.2, -0.15) is 0 Å². The minimum atomic E-state index is -1.06. The third-order valence-electron chi connectivity index (χ3n) is 5.80. The number of carbonyl (C=O) groups is 3. The van der Waals surface area contributed by atoms with Gasteiger partial charge in [0.2, 0.25) is 5.91 Å². The van der Waals surface area contributed by atoms with Gasteiger partial charge in [-0.1, -0.05) is 22.0 Å². The van der Waals surface area contributed by atoms with Crippen molar-refractivity contribution in [1.29, 1.82) is 0 Å². The van der Waals surface area contributed by atoms with Gasteiger partial charge in [-0.15, -0.1) is 0 Å². The summed E-state index contributed by atoms with van der Waals surface area (Å²) in [6, 6.07) is 8.78. The fourth-order valence-corrected chi connectivity index (χ4v) is 4.90. The molecule has 32 heavy (non-hydrogen) atoms. The number of nitrogens with two attached hydrogens (primary N) is 1. The number of carboxylic acids is 1. The number of carbonyl (C=O) groups excluding carboxylic acids is 2. The van der Waals surface area contributed by atoms with Crippen LogP contribution in [0.5, 0.6) is 0 Å². The lowest BCUT2D eigenvalue weighted by atomic mass is 9.81. The maximum atomic E-state index is 12.9. The van der Waals surface area contributed by atoms with E-state index in [1.165, 1.54) is 7.11 Å². The molecule has 9 heteroatoms. The molecule has 3 aromatic rings. The summed E-state index contributed by atoms with van der Waals surface area (Å²) < 4.78 is 5.69. The Balaban J connectivity index is 1.64. The largest absolute Gasteiger partial charge is 0.477 e. The minimum Gasteiger partial charge on any atom is -0.477 e. The second-order valence-corrected chi connectivity index (χ2v) is 8.69. The number of esters is 1. The molecule has 1 amide bonds. The number of aryl methyl sites for hydroxylation is 1. The van der Waals surface area contributed by atoms with Gasteiger partial charge in [0.1, 0.15) is 5.69 Å². The van der Waals surface area contributed by atoms with Crippen LogP contribution in [-0.2, 0) is 22.5 Å². The zero-order valence-electron chi connectivity index (χ0n) is 17.3. The number of amides is 1. The van der Waals surface area contributed by atoms with Crippen molar-refractivity contribution in [3.8, 4) is 0 Å². The molecule has 0 radical (unpaired) electrons. The topological polar surface area (TPSA) is 135 Å². The van der Waals surface area contributed by atoms with Crippen LogP contribution < -0.4 is 11.1 Å². The van der Waals surface area contributed by atoms with Gasteiger partial charge in [-0.05, 0) is 59.7 Å². The molecule has 1 aromatic heterocycles. The van der Waals surface area contributed by atoms with Gasteiger partial charge < -0.3 is 25.9 Å². The summed E-state index contributed by atoms with van der Waals surface area (Å²) in [5.74, 6) is -2.22. The Bertz CT molecular complexity index is 1250. The fraction of sp³-hybridized carbons (Fsp3) is 0.261. The van der Waals surface area contributed by atoms with Crippen molar-refractivity contribution >= 4 is 50.4 Å². The van der Waals surface area contributed by atoms with Crippen LogP contribution in [-0.4, -0.2) is 35.0 Å². The molecule has 1 aliphatic carbocycles. The third kappa shape index (κ3) is 4.01. The fourth-order valence-electron chi connectivity index (χ4n) is 4.39. The van der Waals surface area contributed by atoms with E-state index in [9.17, 15) is 19.5 Å². The summed E-state index contributed by atoms with van der Waals surface area (Å²) in [4.78, 5) is 40.0. The summed E-state index contributed by atoms with van der Waals surface area (Å²) in [6.45, 7) is 0.247. The molecule has 0 bridgehead atoms. The molecule has 1 atom stereocenters. The minimum absolute atomic E-state index is 0.0853. The highest BCUT2D eigenvalue weighted by Crippen LogP contribution is 2.42. The summed E-state index contributed by atoms with van der Waals surface area (Å²) in [5, 5.41) is 13.4. The molecule has 0 saturated heterocycles. The first-order valence-corrected chi connectivity index (χ1v) is 10.9. The third-order valence-corrected chi connectivity index (χ3v) is 6.26. The number of anilines is 1. The van der Waals surface area contributed by atoms with Crippen LogP contribution in [0, 0.1) is 0 Å². The van der Waals surface area contributed by atoms with E-state index in [4.69, 9.17) is 10.5 Å². The van der Waals surface area contributed by atoms with Gasteiger partial charge in [0.15, 0.2) is 0 Å². The molecule has 8 nitrogen and oxygen atoms in total. The van der Waals surface area contributed by atoms with Gasteiger partial charge in [0.25, 0.3) is 0 Å². The molecule has 1 heterocycles. The molecule has 1 aliphatic rings. The Morgan fingerprint density at radius 1 is 1.28 bits per heavy atom. The zero-order chi connectivity index (χ0) is 23.0. The smallest absolute Gasteiger partial charge is 0.352 e. The van der Waals surface area contributed by atoms with Crippen LogP contribution in [0.2, 0.25) is 0 Å². The number of aromatic amines is 1. The number of hydrogen-bond acceptors (Lipinski definition) is 5. The van der Waals surface area contributed by atoms with Crippen LogP contribution in [0.25, 0.3) is 10.9 Å². The number of aromatic nitrogens is 1. The Kier molecular flexibility index (Phi) is 6.03. The molecule has 166 valence electrons. The quantitative estimate of drug-likeness (QED) is 0.379. The summed E-state index contributed by atoms with van der Waals surface area (Å²) in [5.41, 5.74) is 9.49. The number of nitrogens with one attached hydrogen (secondary N) is 2. The number of rotatable bonds is 6. The monoisotopic (exact) mass is 499 g/mol. The van der Waals surface area contributed by atoms with Crippen molar-refractivity contribution in [2.75, 3.05) is 12.4 Å². The lowest BCUT2D eigenvalue weighted by Gasteiger charge is -2.23. The second-order valence-electron chi connectivity index (χ2n) is 7.77. The van der Waals surface area contributed by atoms with Crippen molar-refractivity contribution < 1.29 is 24.2 Å². The van der Waals surface area contributed by atoms with Gasteiger partial charge in [0.05, 0.1) is 18.4 Å². The Morgan fingerprint density at radius 3 is 2.75 bits per heavy atom. The molecular weight excluding hydrogens is 478 g/mol. The molecule has 0 aliphatic heterocycles. The van der Waals surface area contributed by atoms with Crippen molar-refractivity contribution in [3.63, 3.8) is 0 Å². The van der Waals surface area contributed by atoms with Crippen LogP contribution >= 0.6 is 15.9 Å². The van der Waals surface area contributed by atoms with E-state index in [1.54, 1.807) is 18.2 Å². The molecule has 0 saturated carbocycles. The number of benzene rings is 2. The number of halogens is 1. The lowest BCUT2D eigenvalue weighted by Crippen LogP contribution is -2.21. The van der Waals surface area contributed by atoms with Gasteiger partial charge in [0, 0.05) is 28.3 Å². The Labute approximate surface area is 192 Å². The molecule has 2 aromatic carbocycles. The predicted octanol–water partition coefficient (Wildman–Crippen LogP) is 3.93. The van der Waals surface area contributed by atoms with Gasteiger partial charge in [-0.3, -0.25) is 4.79 Å². The predicted molar refractivity (Wildman–Crippen MR) is 123 cm³/mol. The number of hydrogen-bond donors (Lipinski definition) is 4. The van der Waals surface area contributed by atoms with Crippen molar-refractivity contribution in [3.05, 3.63) is 62.8 Å². The van der Waals surface area contributed by atoms with E-state index < -0.39 is 11.9 Å². The van der Waals surface area contributed by atoms with Crippen molar-refractivity contribution in [1.82, 2.24) is 4.98 Å². The first-order valence-electron chi connectivity index (χ1n) is 10.1. The van der Waals surface area contributed by atoms with Crippen LogP contribution in [0.1, 0.15) is 56.3 Å². The number of ether oxygens (including phenoxy) is 1. The molecule has 4 rings (SSSR count). The Morgan fingerprint density at radius 2 is 2.06 bits per heavy atom. The molecule has 0 spiro atoms. The number of methoxy groups -OCH3 is 1. The van der Waals surface area contributed by atoms with Crippen molar-refractivity contribution in [2.45, 2.75) is 31.7 Å². The summed E-state index contributed by atoms with van der Waals surface area (Å²) in [7, 11) is 1.27. The maximum absolute atomic E-state index is 12.9. The van der Waals surface area contributed by atoms with Gasteiger partial charge in [-0.25, -0.2) is 9.59 Å². The van der Waals surface area contributed by atoms with Crippen LogP contribution in [0.15, 0.2) is 34.8 Å². The molecule has 1 unspecified atom stereocenters. The summed E-state index contributed by atoms with van der Waals surface area (Å²) >= 11 is 3.47. The van der Waals surface area contributed by atoms with Crippen LogP contribution in [0.3, 0.4) is 0 Å². The van der Waals surface area contributed by atoms with E-state index >= 15 is 0 Å². The zero-order valence-corrected chi connectivity index (χ0v) is 18.9. The standard InChI is InChI=1S/C23H22BrN3O5/c1-32-23(31)15-6-11(10-25)2-5-16(15)26-18(28)8-13-4-3-12-7-14(24)9-17-19(12)20(13)21(27-17)22(29)30/h2,5-7,9,13,27H,3-4,8,10,25H2,1H3,(H,26,28)(H,29,30). The van der Waals surface area contributed by atoms with Gasteiger partial charge >= 0.3 is 11.9 Å². The molecule has 5 N–H and O–H groups in total. The van der Waals surface area contributed by atoms with E-state index in [2.05, 4.69) is 26.2 Å². The normalized spacial score (nSPS) is 14.9. The SMILES string of the molecule is COC(=O)c1cc(CN)ccc1NC(=O)CC1CCc2cc(Br)cc3[nH]c(C(=O)O)c1c23. The number of carboxylic acid groups (broad SMARTS) is 1. The average molecular weight is 500 g/mol. The van der Waals surface area contributed by atoms with Crippen molar-refractivity contribution in [2.24, 2.45) is 5.73 Å². The maximum Gasteiger partial charge on any atom is 0.352 e. The number of aromatic carboxylic acids is 1. The first kappa shape index (κ1) is 22.0. The highest BCUT2D eigenvalue weighted by atomic mass is 79.9. The second kappa shape index (κ2) is 8.76. The lowest BCUT2D eigenvalue weighted by molar-refractivity contribution is -0.116. The highest BCUT2D eigenvalue weighted by Gasteiger charge is 2.31. The van der Waals surface area contributed by atoms with E-state index in [0.717, 1.165) is 32.9 Å². The van der Waals surface area contributed by atoms with E-state index in [-0.39, 0.29) is 36.0 Å². The highest BCUT2D eigenvalue weighted by molar-refractivity contribution is 9.10. The summed E-state index contributed by atoms with van der Waals surface area (Å²) in [6.07, 6.45) is 1.46. The Hall–Kier alpha value is -3.17. The number of H-pyrrole nitrogens is 1. The average Bonchev–Trinajstić information content (AvgIpc) is 3.16. The molecule has 0 fully saturated rings. The first-order chi connectivity index (χ1) is 15.3.